The van der Waals surface area contributed by atoms with Crippen LogP contribution in [0.4, 0.5) is 0 Å². The number of carbonyl (C=O) groups is 1. The first-order chi connectivity index (χ1) is 10.7. The van der Waals surface area contributed by atoms with E-state index in [1.807, 2.05) is 0 Å². The summed E-state index contributed by atoms with van der Waals surface area (Å²) in [4.78, 5) is 22.8. The molecule has 0 fully saturated rings. The van der Waals surface area contributed by atoms with Gasteiger partial charge in [-0.25, -0.2) is 0 Å². The zero-order valence-electron chi connectivity index (χ0n) is 14.8. The third-order valence-corrected chi connectivity index (χ3v) is 5.10. The van der Waals surface area contributed by atoms with E-state index in [9.17, 15) is 4.79 Å². The molecule has 1 amide bonds. The van der Waals surface area contributed by atoms with E-state index >= 15 is 0 Å². The molecule has 0 aliphatic rings. The lowest BCUT2D eigenvalue weighted by Gasteiger charge is -2.18. The predicted molar refractivity (Wildman–Crippen MR) is 94.7 cm³/mol. The Morgan fingerprint density at radius 1 is 1.39 bits per heavy atom. The molecular weight excluding hydrogens is 306 g/mol. The monoisotopic (exact) mass is 331 g/mol. The summed E-state index contributed by atoms with van der Waals surface area (Å²) in [5, 5.41) is 0. The summed E-state index contributed by atoms with van der Waals surface area (Å²) in [5.41, 5.74) is 1.76. The van der Waals surface area contributed by atoms with Crippen molar-refractivity contribution in [3.8, 4) is 0 Å². The molecule has 5 heteroatoms. The van der Waals surface area contributed by atoms with Gasteiger partial charge in [0.2, 0.25) is 0 Å². The van der Waals surface area contributed by atoms with Crippen molar-refractivity contribution in [2.75, 3.05) is 0 Å². The first-order valence-corrected chi connectivity index (χ1v) is 8.71. The maximum absolute atomic E-state index is 12.4. The molecule has 2 aromatic rings. The van der Waals surface area contributed by atoms with Gasteiger partial charge in [-0.15, -0.1) is 11.3 Å². The minimum absolute atomic E-state index is 0.0403. The van der Waals surface area contributed by atoms with Crippen LogP contribution in [0, 0.1) is 12.8 Å². The number of rotatable bonds is 3. The molecule has 0 spiro atoms. The quantitative estimate of drug-likeness (QED) is 0.855. The fraction of sp³-hybridized carbons (Fsp3) is 0.500. The van der Waals surface area contributed by atoms with Gasteiger partial charge in [0.1, 0.15) is 0 Å². The van der Waals surface area contributed by atoms with Gasteiger partial charge in [-0.2, -0.15) is 4.99 Å². The molecule has 0 atom stereocenters. The molecule has 0 radical (unpaired) electrons. The minimum atomic E-state index is -0.239. The van der Waals surface area contributed by atoms with Crippen molar-refractivity contribution in [2.24, 2.45) is 10.9 Å². The van der Waals surface area contributed by atoms with Gasteiger partial charge < -0.3 is 4.57 Å². The largest absolute Gasteiger partial charge is 0.320 e. The highest BCUT2D eigenvalue weighted by Gasteiger charge is 2.22. The Morgan fingerprint density at radius 2 is 2.09 bits per heavy atom. The lowest BCUT2D eigenvalue weighted by Crippen LogP contribution is -2.21. The van der Waals surface area contributed by atoms with Crippen LogP contribution in [0.1, 0.15) is 55.5 Å². The lowest BCUT2D eigenvalue weighted by molar-refractivity contribution is 0.0997. The Morgan fingerprint density at radius 3 is 2.61 bits per heavy atom. The van der Waals surface area contributed by atoms with Crippen molar-refractivity contribution >= 4 is 17.2 Å². The third kappa shape index (κ3) is 4.16. The smallest absolute Gasteiger partial charge is 0.281 e. The Bertz CT molecular complexity index is 749. The second kappa shape index (κ2) is 6.79. The molecule has 0 aliphatic carbocycles. The Labute approximate surface area is 141 Å². The number of carbonyl (C=O) groups excluding carboxylic acids is 1. The molecule has 0 unspecified atom stereocenters. The molecule has 0 aromatic carbocycles. The van der Waals surface area contributed by atoms with E-state index in [1.54, 1.807) is 35.9 Å². The van der Waals surface area contributed by atoms with Crippen molar-refractivity contribution < 1.29 is 4.79 Å². The second-order valence-electron chi connectivity index (χ2n) is 7.21. The van der Waals surface area contributed by atoms with E-state index in [2.05, 4.69) is 56.1 Å². The van der Waals surface area contributed by atoms with E-state index in [0.717, 1.165) is 11.3 Å². The molecule has 0 saturated carbocycles. The number of amides is 1. The standard InChI is InChI=1S/C18H25N3OS/c1-12(2)11-21-13(3)15(18(4,5)6)23-17(21)20-16(22)14-8-7-9-19-10-14/h7-10,12H,11H2,1-6H3. The van der Waals surface area contributed by atoms with Crippen LogP contribution in [0.15, 0.2) is 29.5 Å². The molecule has 0 aliphatic heterocycles. The first kappa shape index (κ1) is 17.6. The zero-order valence-corrected chi connectivity index (χ0v) is 15.6. The summed E-state index contributed by atoms with van der Waals surface area (Å²) < 4.78 is 2.17. The summed E-state index contributed by atoms with van der Waals surface area (Å²) in [5.74, 6) is 0.251. The van der Waals surface area contributed by atoms with Gasteiger partial charge in [-0.05, 0) is 30.4 Å². The number of thiazole rings is 1. The van der Waals surface area contributed by atoms with E-state index < -0.39 is 0 Å². The summed E-state index contributed by atoms with van der Waals surface area (Å²) >= 11 is 1.61. The zero-order chi connectivity index (χ0) is 17.2. The summed E-state index contributed by atoms with van der Waals surface area (Å²) in [6, 6.07) is 3.50. The maximum atomic E-state index is 12.4. The van der Waals surface area contributed by atoms with Crippen LogP contribution >= 0.6 is 11.3 Å². The Balaban J connectivity index is 2.56. The van der Waals surface area contributed by atoms with Gasteiger partial charge in [-0.3, -0.25) is 9.78 Å². The van der Waals surface area contributed by atoms with E-state index in [1.165, 1.54) is 10.6 Å². The summed E-state index contributed by atoms with van der Waals surface area (Å²) in [7, 11) is 0. The van der Waals surface area contributed by atoms with Gasteiger partial charge in [0.05, 0.1) is 5.56 Å². The predicted octanol–water partition coefficient (Wildman–Crippen LogP) is 3.95. The Hall–Kier alpha value is -1.75. The molecule has 4 nitrogen and oxygen atoms in total. The molecule has 2 rings (SSSR count). The minimum Gasteiger partial charge on any atom is -0.320 e. The highest BCUT2D eigenvalue weighted by molar-refractivity contribution is 7.09. The average Bonchev–Trinajstić information content (AvgIpc) is 2.76. The molecule has 0 N–H and O–H groups in total. The lowest BCUT2D eigenvalue weighted by atomic mass is 9.93. The van der Waals surface area contributed by atoms with Crippen molar-refractivity contribution in [2.45, 2.75) is 53.5 Å². The Kier molecular flexibility index (Phi) is 5.19. The molecule has 0 saturated heterocycles. The fourth-order valence-electron chi connectivity index (χ4n) is 2.49. The van der Waals surface area contributed by atoms with Gasteiger partial charge in [0.25, 0.3) is 5.91 Å². The molecule has 2 heterocycles. The van der Waals surface area contributed by atoms with Crippen molar-refractivity contribution in [3.05, 3.63) is 45.5 Å². The fourth-order valence-corrected chi connectivity index (χ4v) is 3.68. The highest BCUT2D eigenvalue weighted by Crippen LogP contribution is 2.28. The van der Waals surface area contributed by atoms with Crippen molar-refractivity contribution in [1.29, 1.82) is 0 Å². The number of hydrogen-bond acceptors (Lipinski definition) is 3. The summed E-state index contributed by atoms with van der Waals surface area (Å²) in [6.07, 6.45) is 3.21. The third-order valence-electron chi connectivity index (χ3n) is 3.49. The second-order valence-corrected chi connectivity index (χ2v) is 8.19. The topological polar surface area (TPSA) is 47.2 Å². The van der Waals surface area contributed by atoms with Crippen molar-refractivity contribution in [1.82, 2.24) is 9.55 Å². The molecular formula is C18H25N3OS. The van der Waals surface area contributed by atoms with E-state index in [0.29, 0.717) is 11.5 Å². The molecule has 124 valence electrons. The average molecular weight is 331 g/mol. The van der Waals surface area contributed by atoms with Crippen LogP contribution in [0.5, 0.6) is 0 Å². The highest BCUT2D eigenvalue weighted by atomic mass is 32.1. The van der Waals surface area contributed by atoms with Crippen LogP contribution in [0.3, 0.4) is 0 Å². The van der Waals surface area contributed by atoms with Crippen LogP contribution in [0.2, 0.25) is 0 Å². The number of nitrogens with zero attached hydrogens (tertiary/aromatic N) is 3. The molecule has 2 aromatic heterocycles. The maximum Gasteiger partial charge on any atom is 0.281 e. The SMILES string of the molecule is Cc1c(C(C)(C)C)sc(=NC(=O)c2cccnc2)n1CC(C)C. The normalized spacial score (nSPS) is 12.9. The number of hydrogen-bond donors (Lipinski definition) is 0. The van der Waals surface area contributed by atoms with Crippen LogP contribution < -0.4 is 4.80 Å². The molecule has 0 bridgehead atoms. The number of pyridine rings is 1. The van der Waals surface area contributed by atoms with Crippen LogP contribution in [0.25, 0.3) is 0 Å². The number of aromatic nitrogens is 2. The van der Waals surface area contributed by atoms with Crippen LogP contribution in [-0.4, -0.2) is 15.5 Å². The van der Waals surface area contributed by atoms with Gasteiger partial charge in [-0.1, -0.05) is 34.6 Å². The first-order valence-electron chi connectivity index (χ1n) is 7.90. The van der Waals surface area contributed by atoms with Crippen molar-refractivity contribution in [3.63, 3.8) is 0 Å². The van der Waals surface area contributed by atoms with Gasteiger partial charge >= 0.3 is 0 Å². The van der Waals surface area contributed by atoms with Crippen LogP contribution in [-0.2, 0) is 12.0 Å². The molecule has 23 heavy (non-hydrogen) atoms. The van der Waals surface area contributed by atoms with E-state index in [-0.39, 0.29) is 11.3 Å². The van der Waals surface area contributed by atoms with Gasteiger partial charge in [0.15, 0.2) is 4.80 Å². The van der Waals surface area contributed by atoms with E-state index in [4.69, 9.17) is 0 Å². The summed E-state index contributed by atoms with van der Waals surface area (Å²) in [6.45, 7) is 13.9. The van der Waals surface area contributed by atoms with Gasteiger partial charge in [0, 0.05) is 29.5 Å².